The summed E-state index contributed by atoms with van der Waals surface area (Å²) in [6, 6.07) is 9.14. The van der Waals surface area contributed by atoms with Gasteiger partial charge in [-0.15, -0.1) is 0 Å². The van der Waals surface area contributed by atoms with Gasteiger partial charge in [0.05, 0.1) is 195 Å². The van der Waals surface area contributed by atoms with Gasteiger partial charge in [-0.1, -0.05) is 89.3 Å². The van der Waals surface area contributed by atoms with Gasteiger partial charge < -0.3 is 121 Å². The maximum atomic E-state index is 14.8. The SMILES string of the molecule is CO[C@H]1C[C@@H]2CC[C@@H](C)[C@@](O)(O2)C(=O)C(=O)N2CCCC[C@H]2C(=O)O[C@H]([C@H](C)C[C@@H]2CC[C@@H](OC(=O)NCCOCCOCCOCCOCCOCCOCCOCCOCCOCCOCCOCCOCCC(=O)N3CCc4cc(Cn5nc(-c6cnc7[nH]ccc7c6)c6c(N)ncnc65)ccc4C3)[C@H](OC)C2)CC(=O)[C@H](C)/C=C(\C)[C@@H](O)[C@@H](OC)C(=O)[C@H](C)C[C@H](C)/C=C/C=C/C=C/1C. The number of carbonyl (C=O) groups is 7. The fraction of sp³-hybridized carbons (Fsp3) is 0.673. The van der Waals surface area contributed by atoms with Crippen molar-refractivity contribution in [2.45, 2.75) is 206 Å². The molecule has 4 aromatic heterocycles. The summed E-state index contributed by atoms with van der Waals surface area (Å²) in [6.07, 6.45) is 15.5. The van der Waals surface area contributed by atoms with E-state index in [4.69, 9.17) is 96.1 Å². The number of carbonyl (C=O) groups excluding carboxylic acids is 7. The van der Waals surface area contributed by atoms with Crippen LogP contribution in [0.25, 0.3) is 33.3 Å². The van der Waals surface area contributed by atoms with Gasteiger partial charge in [0, 0.05) is 101 Å². The van der Waals surface area contributed by atoms with E-state index in [1.54, 1.807) is 54.2 Å². The van der Waals surface area contributed by atoms with Crippen molar-refractivity contribution in [1.29, 1.82) is 0 Å². The van der Waals surface area contributed by atoms with Gasteiger partial charge >= 0.3 is 12.1 Å². The van der Waals surface area contributed by atoms with Gasteiger partial charge in [-0.3, -0.25) is 24.0 Å². The van der Waals surface area contributed by atoms with Gasteiger partial charge in [-0.2, -0.15) is 5.10 Å². The van der Waals surface area contributed by atoms with Crippen LogP contribution in [-0.4, -0.2) is 345 Å². The van der Waals surface area contributed by atoms with Gasteiger partial charge in [-0.05, 0) is 142 Å². The molecule has 2 bridgehead atoms. The number of methoxy groups -OCH3 is 3. The van der Waals surface area contributed by atoms with Crippen molar-refractivity contribution in [2.24, 2.45) is 35.5 Å². The predicted molar refractivity (Wildman–Crippen MR) is 511 cm³/mol. The molecular weight excluding hydrogens is 1790 g/mol. The van der Waals surface area contributed by atoms with Crippen molar-refractivity contribution in [1.82, 2.24) is 44.8 Å². The summed E-state index contributed by atoms with van der Waals surface area (Å²) in [5, 5.41) is 33.1. The quantitative estimate of drug-likeness (QED) is 0.0105. The predicted octanol–water partition coefficient (Wildman–Crippen LogP) is 9.40. The molecule has 37 heteroatoms. The Labute approximate surface area is 810 Å². The number of aliphatic hydroxyl groups excluding tert-OH is 1. The third kappa shape index (κ3) is 35.1. The van der Waals surface area contributed by atoms with Crippen molar-refractivity contribution in [2.75, 3.05) is 205 Å². The number of ketones is 3. The first-order valence-corrected chi connectivity index (χ1v) is 49.0. The molecule has 2 saturated heterocycles. The first-order valence-electron chi connectivity index (χ1n) is 49.0. The van der Waals surface area contributed by atoms with E-state index < -0.39 is 102 Å². The third-order valence-electron chi connectivity index (χ3n) is 26.0. The lowest BCUT2D eigenvalue weighted by Gasteiger charge is -2.42. The zero-order valence-electron chi connectivity index (χ0n) is 82.4. The second-order valence-electron chi connectivity index (χ2n) is 36.3. The monoisotopic (exact) mass is 1940 g/mol. The van der Waals surface area contributed by atoms with Crippen LogP contribution >= 0.6 is 0 Å². The Morgan fingerprint density at radius 3 is 1.90 bits per heavy atom. The Balaban J connectivity index is 0.498. The topological polar surface area (TPSA) is 443 Å². The number of piperidine rings is 1. The van der Waals surface area contributed by atoms with Crippen molar-refractivity contribution < 1.29 is 129 Å². The number of benzene rings is 1. The van der Waals surface area contributed by atoms with Crippen LogP contribution in [0, 0.1) is 35.5 Å². The number of hydrogen-bond donors (Lipinski definition) is 5. The van der Waals surface area contributed by atoms with Crippen LogP contribution in [0.2, 0.25) is 0 Å². The summed E-state index contributed by atoms with van der Waals surface area (Å²) >= 11 is 0. The molecule has 4 aliphatic heterocycles. The molecule has 0 spiro atoms. The van der Waals surface area contributed by atoms with E-state index in [1.807, 2.05) is 79.1 Å². The molecule has 5 aliphatic rings. The summed E-state index contributed by atoms with van der Waals surface area (Å²) in [5.74, 6) is -8.25. The number of anilines is 1. The van der Waals surface area contributed by atoms with Gasteiger partial charge in [0.25, 0.3) is 11.7 Å². The molecule has 138 heavy (non-hydrogen) atoms. The molecule has 8 heterocycles. The van der Waals surface area contributed by atoms with E-state index in [1.165, 1.54) is 23.9 Å². The van der Waals surface area contributed by atoms with Crippen LogP contribution in [-0.2, 0) is 134 Å². The normalized spacial score (nSPS) is 25.8. The fourth-order valence-corrected chi connectivity index (χ4v) is 18.0. The van der Waals surface area contributed by atoms with Gasteiger partial charge in [0.1, 0.15) is 59.7 Å². The van der Waals surface area contributed by atoms with E-state index in [2.05, 4.69) is 43.5 Å². The van der Waals surface area contributed by atoms with E-state index in [9.17, 15) is 43.8 Å². The number of hydrogen-bond acceptors (Lipinski definition) is 32. The minimum Gasteiger partial charge on any atom is -0.460 e. The first kappa shape index (κ1) is 111. The number of alkyl carbamates (subject to hydrolysis) is 1. The molecule has 5 aromatic rings. The molecule has 1 aromatic carbocycles. The lowest BCUT2D eigenvalue weighted by molar-refractivity contribution is -0.265. The summed E-state index contributed by atoms with van der Waals surface area (Å²) in [6.45, 7) is 23.9. The number of allylic oxidation sites excluding steroid dienone is 6. The van der Waals surface area contributed by atoms with Crippen molar-refractivity contribution in [3.05, 3.63) is 113 Å². The zero-order chi connectivity index (χ0) is 98.6. The molecule has 0 radical (unpaired) electrons. The first-order chi connectivity index (χ1) is 66.9. The van der Waals surface area contributed by atoms with E-state index >= 15 is 0 Å². The molecule has 1 saturated carbocycles. The number of nitrogen functional groups attached to an aromatic ring is 1. The molecule has 766 valence electrons. The number of aromatic amines is 1. The second kappa shape index (κ2) is 59.8. The third-order valence-corrected chi connectivity index (χ3v) is 26.0. The number of esters is 1. The highest BCUT2D eigenvalue weighted by Crippen LogP contribution is 2.40. The number of pyridine rings is 1. The van der Waals surface area contributed by atoms with E-state index in [0.717, 1.165) is 39.7 Å². The number of Topliss-reactive ketones (excluding diaryl/α,β-unsaturated/α-hetero) is 3. The number of ether oxygens (including phenoxy) is 18. The lowest BCUT2D eigenvalue weighted by atomic mass is 9.78. The standard InChI is InChI=1S/C101H150N10O27/c1-68-16-12-11-13-17-69(2)85(121-8)62-81-23-19-74(7)101(120,138-81)94(116)98(117)110-30-15-14-18-82(110)99(118)136-86(63-83(112)70(3)57-73(6)92(115)93(123-10)91(114)72(5)56-68)71(4)58-75-21-24-84(87(60-75)122-9)137-100(119)104-29-33-125-35-37-127-39-41-129-43-45-131-47-49-133-51-53-135-55-54-134-52-50-132-48-46-130-44-42-128-40-38-126-36-34-124-32-27-88(113)109-31-26-77-59-76(20-22-79(77)66-109)65-111-97-89(95(102)106-67-107-97)90(108-111)80-61-78-25-28-103-96(78)105-64-80/h11-13,16-17,20,22,25,28,57,59,61,64,67-68,70-72,74-75,81-82,84-87,92-93,115,120H,14-15,18-19,21,23-24,26-27,29-56,58,60,62-63,65-66H2,1-10H3,(H,103,105)(H,104,119)(H2,102,106,107)/b13-11+,16-12+,69-17+,73-57+/t68-,70-,71-,72-,74-,75+,81+,82+,84-,85+,86+,87-,92-,93+,101-/m1/s1. The number of nitrogens with one attached hydrogen (secondary N) is 2. The molecule has 15 atom stereocenters. The van der Waals surface area contributed by atoms with Gasteiger partial charge in [0.2, 0.25) is 11.7 Å². The number of aliphatic hydroxyl groups is 2. The summed E-state index contributed by atoms with van der Waals surface area (Å²) in [7, 11) is 4.49. The number of cyclic esters (lactones) is 1. The van der Waals surface area contributed by atoms with Crippen molar-refractivity contribution in [3.8, 4) is 11.3 Å². The highest BCUT2D eigenvalue weighted by atomic mass is 16.6. The number of nitrogens with zero attached hydrogens (tertiary/aromatic N) is 7. The lowest BCUT2D eigenvalue weighted by Crippen LogP contribution is -2.61. The highest BCUT2D eigenvalue weighted by molar-refractivity contribution is 6.39. The van der Waals surface area contributed by atoms with Crippen LogP contribution in [0.1, 0.15) is 149 Å². The van der Waals surface area contributed by atoms with E-state index in [-0.39, 0.29) is 68.3 Å². The molecule has 37 nitrogen and oxygen atoms in total. The minimum atomic E-state index is -2.48. The molecule has 10 rings (SSSR count). The summed E-state index contributed by atoms with van der Waals surface area (Å²) in [4.78, 5) is 118. The smallest absolute Gasteiger partial charge is 0.407 e. The zero-order valence-corrected chi connectivity index (χ0v) is 82.4. The maximum absolute atomic E-state index is 14.8. The van der Waals surface area contributed by atoms with Crippen LogP contribution in [0.3, 0.4) is 0 Å². The average molecular weight is 1940 g/mol. The number of H-pyrrole nitrogens is 1. The average Bonchev–Trinajstić information content (AvgIpc) is 1.57. The number of fused-ring (bicyclic) bond motifs is 6. The Bertz CT molecular complexity index is 4700. The number of aromatic nitrogens is 6. The Kier molecular flexibility index (Phi) is 48.2. The van der Waals surface area contributed by atoms with Crippen LogP contribution in [0.15, 0.2) is 96.7 Å². The maximum Gasteiger partial charge on any atom is 0.407 e. The Morgan fingerprint density at radius 2 is 1.28 bits per heavy atom. The molecule has 3 fully saturated rings. The Morgan fingerprint density at radius 1 is 0.659 bits per heavy atom. The Hall–Kier alpha value is -8.81. The van der Waals surface area contributed by atoms with Crippen molar-refractivity contribution in [3.63, 3.8) is 0 Å². The molecule has 6 N–H and O–H groups in total. The largest absolute Gasteiger partial charge is 0.460 e. The summed E-state index contributed by atoms with van der Waals surface area (Å²) < 4.78 is 105. The number of nitrogens with two attached hydrogens (primary N) is 1. The van der Waals surface area contributed by atoms with E-state index in [0.29, 0.717) is 264 Å². The molecule has 1 aliphatic carbocycles. The summed E-state index contributed by atoms with van der Waals surface area (Å²) in [5.41, 5.74) is 13.9. The second-order valence-corrected chi connectivity index (χ2v) is 36.3. The molecular formula is C101H150N10O27. The number of rotatable bonds is 49. The van der Waals surface area contributed by atoms with Crippen LogP contribution < -0.4 is 11.1 Å². The van der Waals surface area contributed by atoms with Crippen molar-refractivity contribution >= 4 is 69.1 Å². The van der Waals surface area contributed by atoms with Crippen LogP contribution in [0.4, 0.5) is 10.6 Å². The minimum absolute atomic E-state index is 0.0192. The van der Waals surface area contributed by atoms with Gasteiger partial charge in [-0.25, -0.2) is 29.2 Å². The highest BCUT2D eigenvalue weighted by Gasteiger charge is 2.53. The van der Waals surface area contributed by atoms with Gasteiger partial charge in [0.15, 0.2) is 11.4 Å². The molecule has 0 unspecified atom stereocenters. The molecule has 3 amide bonds. The fourth-order valence-electron chi connectivity index (χ4n) is 18.0. The number of amides is 3. The van der Waals surface area contributed by atoms with Crippen LogP contribution in [0.5, 0.6) is 0 Å².